The number of carbonyl (C=O) groups is 1. The number of nitrogens with one attached hydrogen (secondary N) is 1. The maximum absolute atomic E-state index is 11.9. The van der Waals surface area contributed by atoms with Crippen LogP contribution in [0, 0.1) is 11.3 Å². The number of benzene rings is 1. The number of rotatable bonds is 9. The molecule has 0 aliphatic heterocycles. The highest BCUT2D eigenvalue weighted by molar-refractivity contribution is 6.01. The van der Waals surface area contributed by atoms with Crippen LogP contribution in [-0.4, -0.2) is 19.1 Å². The largest absolute Gasteiger partial charge is 0.494 e. The van der Waals surface area contributed by atoms with Crippen molar-refractivity contribution in [1.82, 2.24) is 5.32 Å². The van der Waals surface area contributed by atoms with Crippen LogP contribution in [0.1, 0.15) is 45.1 Å². The van der Waals surface area contributed by atoms with Gasteiger partial charge in [-0.25, -0.2) is 0 Å². The first-order valence-corrected chi connectivity index (χ1v) is 7.84. The molecule has 118 valence electrons. The van der Waals surface area contributed by atoms with Crippen molar-refractivity contribution in [1.29, 1.82) is 5.26 Å². The normalized spacial score (nSPS) is 10.9. The average Bonchev–Trinajstić information content (AvgIpc) is 2.54. The highest BCUT2D eigenvalue weighted by atomic mass is 16.5. The molecule has 0 fully saturated rings. The Bertz CT molecular complexity index is 527. The quantitative estimate of drug-likeness (QED) is 0.430. The number of nitrogens with zero attached hydrogens (tertiary/aromatic N) is 1. The molecule has 0 atom stereocenters. The van der Waals surface area contributed by atoms with E-state index in [0.29, 0.717) is 13.2 Å². The zero-order chi connectivity index (χ0) is 16.2. The van der Waals surface area contributed by atoms with Gasteiger partial charge < -0.3 is 10.1 Å². The zero-order valence-electron chi connectivity index (χ0n) is 13.4. The lowest BCUT2D eigenvalue weighted by molar-refractivity contribution is -0.117. The van der Waals surface area contributed by atoms with Gasteiger partial charge >= 0.3 is 0 Å². The second kappa shape index (κ2) is 10.4. The lowest BCUT2D eigenvalue weighted by atomic mass is 10.1. The van der Waals surface area contributed by atoms with E-state index in [2.05, 4.69) is 19.2 Å². The van der Waals surface area contributed by atoms with Crippen LogP contribution in [0.3, 0.4) is 0 Å². The van der Waals surface area contributed by atoms with Gasteiger partial charge in [0.1, 0.15) is 17.4 Å². The van der Waals surface area contributed by atoms with Crippen molar-refractivity contribution >= 4 is 12.0 Å². The van der Waals surface area contributed by atoms with Gasteiger partial charge in [-0.2, -0.15) is 5.26 Å². The molecule has 1 aromatic rings. The molecule has 0 aliphatic carbocycles. The molecule has 4 nitrogen and oxygen atoms in total. The number of carbonyl (C=O) groups excluding carboxylic acids is 1. The fourth-order valence-electron chi connectivity index (χ4n) is 1.78. The number of unbranched alkanes of at least 4 members (excludes halogenated alkanes) is 2. The molecule has 0 spiro atoms. The van der Waals surface area contributed by atoms with Crippen molar-refractivity contribution in [2.75, 3.05) is 13.2 Å². The van der Waals surface area contributed by atoms with Gasteiger partial charge in [0.25, 0.3) is 5.91 Å². The molecular formula is C18H24N2O2. The topological polar surface area (TPSA) is 62.1 Å². The summed E-state index contributed by atoms with van der Waals surface area (Å²) in [7, 11) is 0. The molecule has 0 unspecified atom stereocenters. The second-order valence-corrected chi connectivity index (χ2v) is 5.05. The molecule has 0 radical (unpaired) electrons. The van der Waals surface area contributed by atoms with E-state index in [9.17, 15) is 4.79 Å². The molecule has 0 saturated carbocycles. The average molecular weight is 300 g/mol. The van der Waals surface area contributed by atoms with E-state index in [-0.39, 0.29) is 11.5 Å². The third-order valence-electron chi connectivity index (χ3n) is 3.14. The standard InChI is InChI=1S/C18H24N2O2/c1-3-5-11-20-18(21)16(14-19)13-15-7-9-17(10-8-15)22-12-6-4-2/h7-10,13H,3-6,11-12H2,1-2H3,(H,20,21)/b16-13-. The molecule has 1 amide bonds. The van der Waals surface area contributed by atoms with Gasteiger partial charge in [0.2, 0.25) is 0 Å². The van der Waals surface area contributed by atoms with Crippen molar-refractivity contribution in [3.05, 3.63) is 35.4 Å². The van der Waals surface area contributed by atoms with Crippen LogP contribution in [-0.2, 0) is 4.79 Å². The van der Waals surface area contributed by atoms with Gasteiger partial charge in [-0.05, 0) is 36.6 Å². The van der Waals surface area contributed by atoms with Gasteiger partial charge in [0, 0.05) is 6.54 Å². The Labute approximate surface area is 132 Å². The van der Waals surface area contributed by atoms with E-state index in [0.717, 1.165) is 37.0 Å². The zero-order valence-corrected chi connectivity index (χ0v) is 13.4. The van der Waals surface area contributed by atoms with Crippen molar-refractivity contribution in [3.8, 4) is 11.8 Å². The third-order valence-corrected chi connectivity index (χ3v) is 3.14. The molecule has 0 aromatic heterocycles. The van der Waals surface area contributed by atoms with E-state index in [4.69, 9.17) is 10.00 Å². The van der Waals surface area contributed by atoms with Crippen LogP contribution in [0.15, 0.2) is 29.8 Å². The molecule has 1 rings (SSSR count). The predicted octanol–water partition coefficient (Wildman–Crippen LogP) is 3.69. The number of hydrogen-bond acceptors (Lipinski definition) is 3. The van der Waals surface area contributed by atoms with Gasteiger partial charge in [-0.3, -0.25) is 4.79 Å². The Morgan fingerprint density at radius 2 is 1.91 bits per heavy atom. The summed E-state index contributed by atoms with van der Waals surface area (Å²) in [4.78, 5) is 11.9. The molecule has 22 heavy (non-hydrogen) atoms. The van der Waals surface area contributed by atoms with E-state index in [1.54, 1.807) is 6.08 Å². The lowest BCUT2D eigenvalue weighted by Crippen LogP contribution is -2.25. The summed E-state index contributed by atoms with van der Waals surface area (Å²) in [6.07, 6.45) is 5.63. The lowest BCUT2D eigenvalue weighted by Gasteiger charge is -2.06. The Hall–Kier alpha value is -2.28. The summed E-state index contributed by atoms with van der Waals surface area (Å²) in [5.41, 5.74) is 0.931. The summed E-state index contributed by atoms with van der Waals surface area (Å²) < 4.78 is 5.58. The summed E-state index contributed by atoms with van der Waals surface area (Å²) in [5, 5.41) is 11.9. The Balaban J connectivity index is 2.65. The van der Waals surface area contributed by atoms with E-state index in [1.807, 2.05) is 30.3 Å². The molecule has 1 N–H and O–H groups in total. The van der Waals surface area contributed by atoms with Gasteiger partial charge in [-0.1, -0.05) is 38.8 Å². The van der Waals surface area contributed by atoms with E-state index in [1.165, 1.54) is 0 Å². The molecule has 0 saturated heterocycles. The van der Waals surface area contributed by atoms with Crippen molar-refractivity contribution in [3.63, 3.8) is 0 Å². The van der Waals surface area contributed by atoms with Crippen molar-refractivity contribution < 1.29 is 9.53 Å². The van der Waals surface area contributed by atoms with Crippen LogP contribution < -0.4 is 10.1 Å². The number of nitriles is 1. The molecule has 0 bridgehead atoms. The van der Waals surface area contributed by atoms with Gasteiger partial charge in [0.15, 0.2) is 0 Å². The van der Waals surface area contributed by atoms with Crippen LogP contribution in [0.4, 0.5) is 0 Å². The summed E-state index contributed by atoms with van der Waals surface area (Å²) in [5.74, 6) is 0.482. The first-order chi connectivity index (χ1) is 10.7. The minimum absolute atomic E-state index is 0.121. The van der Waals surface area contributed by atoms with E-state index >= 15 is 0 Å². The Morgan fingerprint density at radius 3 is 2.50 bits per heavy atom. The fraction of sp³-hybridized carbons (Fsp3) is 0.444. The smallest absolute Gasteiger partial charge is 0.261 e. The number of ether oxygens (including phenoxy) is 1. The minimum atomic E-state index is -0.320. The Morgan fingerprint density at radius 1 is 1.23 bits per heavy atom. The molecule has 4 heteroatoms. The summed E-state index contributed by atoms with van der Waals surface area (Å²) >= 11 is 0. The summed E-state index contributed by atoms with van der Waals surface area (Å²) in [6, 6.07) is 9.35. The SMILES string of the molecule is CCCCNC(=O)/C(C#N)=C\c1ccc(OCCCC)cc1. The third kappa shape index (κ3) is 6.45. The van der Waals surface area contributed by atoms with Gasteiger partial charge in [-0.15, -0.1) is 0 Å². The number of hydrogen-bond donors (Lipinski definition) is 1. The van der Waals surface area contributed by atoms with E-state index < -0.39 is 0 Å². The minimum Gasteiger partial charge on any atom is -0.494 e. The predicted molar refractivity (Wildman–Crippen MR) is 88.4 cm³/mol. The number of amides is 1. The van der Waals surface area contributed by atoms with Crippen LogP contribution in [0.2, 0.25) is 0 Å². The van der Waals surface area contributed by atoms with Crippen LogP contribution in [0.25, 0.3) is 6.08 Å². The molecule has 0 heterocycles. The van der Waals surface area contributed by atoms with Crippen LogP contribution in [0.5, 0.6) is 5.75 Å². The van der Waals surface area contributed by atoms with Crippen molar-refractivity contribution in [2.45, 2.75) is 39.5 Å². The maximum atomic E-state index is 11.9. The Kier molecular flexibility index (Phi) is 8.44. The second-order valence-electron chi connectivity index (χ2n) is 5.05. The highest BCUT2D eigenvalue weighted by Crippen LogP contribution is 2.15. The first-order valence-electron chi connectivity index (χ1n) is 7.84. The summed E-state index contributed by atoms with van der Waals surface area (Å²) in [6.45, 7) is 5.47. The van der Waals surface area contributed by atoms with Crippen LogP contribution >= 0.6 is 0 Å². The fourth-order valence-corrected chi connectivity index (χ4v) is 1.78. The van der Waals surface area contributed by atoms with Crippen molar-refractivity contribution in [2.24, 2.45) is 0 Å². The maximum Gasteiger partial charge on any atom is 0.261 e. The molecule has 0 aliphatic rings. The monoisotopic (exact) mass is 300 g/mol. The molecule has 1 aromatic carbocycles. The first kappa shape index (κ1) is 17.8. The van der Waals surface area contributed by atoms with Gasteiger partial charge in [0.05, 0.1) is 6.61 Å². The highest BCUT2D eigenvalue weighted by Gasteiger charge is 2.07. The molecular weight excluding hydrogens is 276 g/mol.